The molecule has 0 bridgehead atoms. The maximum Gasteiger partial charge on any atom is 0.143 e. The van der Waals surface area contributed by atoms with Crippen molar-refractivity contribution >= 4 is 5.71 Å². The van der Waals surface area contributed by atoms with Gasteiger partial charge in [0, 0.05) is 12.1 Å². The predicted octanol–water partition coefficient (Wildman–Crippen LogP) is 3.41. The van der Waals surface area contributed by atoms with E-state index in [0.717, 1.165) is 5.57 Å². The van der Waals surface area contributed by atoms with Crippen LogP contribution in [0.3, 0.4) is 0 Å². The van der Waals surface area contributed by atoms with Crippen LogP contribution < -0.4 is 0 Å². The fourth-order valence-electron chi connectivity index (χ4n) is 2.31. The number of hydrogen-bond acceptors (Lipinski definition) is 1. The second kappa shape index (κ2) is 3.71. The van der Waals surface area contributed by atoms with Crippen LogP contribution in [0, 0.1) is 0 Å². The van der Waals surface area contributed by atoms with Crippen molar-refractivity contribution in [3.8, 4) is 0 Å². The smallest absolute Gasteiger partial charge is 0.143 e. The Bertz CT molecular complexity index is 485. The Hall–Kier alpha value is -1.70. The van der Waals surface area contributed by atoms with Crippen LogP contribution in [0.2, 0.25) is 0 Å². The van der Waals surface area contributed by atoms with Crippen LogP contribution in [0.15, 0.2) is 59.2 Å². The Balaban J connectivity index is 1.98. The third-order valence-corrected chi connectivity index (χ3v) is 3.13. The van der Waals surface area contributed by atoms with Crippen LogP contribution in [-0.4, -0.2) is 11.9 Å². The van der Waals surface area contributed by atoms with Crippen molar-refractivity contribution in [1.82, 2.24) is 0 Å². The summed E-state index contributed by atoms with van der Waals surface area (Å²) in [6, 6.07) is 10.1. The fourth-order valence-corrected chi connectivity index (χ4v) is 2.31. The molecule has 0 radical (unpaired) electrons. The molecular weight excluding hydrogens is 201 g/mol. The minimum Gasteiger partial charge on any atom is -0.258 e. The lowest BCUT2D eigenvalue weighted by molar-refractivity contribution is 0.385. The zero-order valence-electron chi connectivity index (χ0n) is 8.81. The summed E-state index contributed by atoms with van der Waals surface area (Å²) in [6.07, 6.45) is 5.26. The zero-order chi connectivity index (χ0) is 11.0. The lowest BCUT2D eigenvalue weighted by Crippen LogP contribution is -2.23. The molecule has 2 atom stereocenters. The first kappa shape index (κ1) is 9.52. The largest absolute Gasteiger partial charge is 0.258 e. The van der Waals surface area contributed by atoms with Gasteiger partial charge in [-0.2, -0.15) is 0 Å². The summed E-state index contributed by atoms with van der Waals surface area (Å²) in [5, 5.41) is 0. The van der Waals surface area contributed by atoms with E-state index in [1.54, 1.807) is 6.20 Å². The van der Waals surface area contributed by atoms with E-state index in [9.17, 15) is 4.39 Å². The van der Waals surface area contributed by atoms with Crippen LogP contribution in [0.5, 0.6) is 0 Å². The van der Waals surface area contributed by atoms with Crippen LogP contribution >= 0.6 is 0 Å². The molecular formula is C14H12FN. The molecule has 1 aliphatic heterocycles. The molecule has 1 nitrogen and oxygen atoms in total. The van der Waals surface area contributed by atoms with Gasteiger partial charge in [0.1, 0.15) is 6.17 Å². The second-order valence-corrected chi connectivity index (χ2v) is 4.17. The Labute approximate surface area is 94.0 Å². The number of allylic oxidation sites excluding steroid dienone is 3. The van der Waals surface area contributed by atoms with Gasteiger partial charge >= 0.3 is 0 Å². The number of hydrogen-bond donors (Lipinski definition) is 0. The normalized spacial score (nSPS) is 27.3. The number of nitrogens with zero attached hydrogens (tertiary/aromatic N) is 1. The number of aliphatic imine (C=N–C) groups is 1. The van der Waals surface area contributed by atoms with Crippen molar-refractivity contribution in [2.75, 3.05) is 0 Å². The highest BCUT2D eigenvalue weighted by molar-refractivity contribution is 6.08. The highest BCUT2D eigenvalue weighted by atomic mass is 19.1. The van der Waals surface area contributed by atoms with Gasteiger partial charge in [-0.15, -0.1) is 0 Å². The first-order valence-electron chi connectivity index (χ1n) is 5.50. The van der Waals surface area contributed by atoms with Crippen LogP contribution in [0.1, 0.15) is 17.9 Å². The Morgan fingerprint density at radius 2 is 2.00 bits per heavy atom. The molecule has 80 valence electrons. The maximum atomic E-state index is 13.9. The van der Waals surface area contributed by atoms with Gasteiger partial charge in [-0.05, 0) is 23.6 Å². The minimum atomic E-state index is -0.930. The van der Waals surface area contributed by atoms with Gasteiger partial charge in [0.25, 0.3) is 0 Å². The van der Waals surface area contributed by atoms with E-state index in [4.69, 9.17) is 0 Å². The molecule has 0 N–H and O–H groups in total. The minimum absolute atomic E-state index is 0.174. The van der Waals surface area contributed by atoms with E-state index in [2.05, 4.69) is 23.2 Å². The van der Waals surface area contributed by atoms with Crippen molar-refractivity contribution in [2.24, 2.45) is 4.99 Å². The maximum absolute atomic E-state index is 13.9. The van der Waals surface area contributed by atoms with Crippen molar-refractivity contribution in [3.05, 3.63) is 59.8 Å². The van der Waals surface area contributed by atoms with Gasteiger partial charge in [0.15, 0.2) is 0 Å². The Morgan fingerprint density at radius 1 is 1.19 bits per heavy atom. The van der Waals surface area contributed by atoms with E-state index >= 15 is 0 Å². The van der Waals surface area contributed by atoms with E-state index in [-0.39, 0.29) is 5.92 Å². The standard InChI is InChI=1S/C14H12FN/c15-13-9-12(10-4-2-1-3-5-10)8-11-6-7-16-14(11)13/h1-8,12-13H,9H2/t12-,13-/m0/s1. The van der Waals surface area contributed by atoms with Gasteiger partial charge in [-0.25, -0.2) is 4.39 Å². The Kier molecular flexibility index (Phi) is 2.21. The van der Waals surface area contributed by atoms with E-state index in [1.165, 1.54) is 5.56 Å². The summed E-state index contributed by atoms with van der Waals surface area (Å²) in [5.74, 6) is 0.174. The summed E-state index contributed by atoms with van der Waals surface area (Å²) < 4.78 is 13.9. The summed E-state index contributed by atoms with van der Waals surface area (Å²) >= 11 is 0. The fraction of sp³-hybridized carbons (Fsp3) is 0.214. The molecule has 0 saturated carbocycles. The summed E-state index contributed by atoms with van der Waals surface area (Å²) in [4.78, 5) is 4.06. The number of rotatable bonds is 1. The van der Waals surface area contributed by atoms with Crippen molar-refractivity contribution in [3.63, 3.8) is 0 Å². The number of benzene rings is 1. The van der Waals surface area contributed by atoms with Crippen molar-refractivity contribution in [2.45, 2.75) is 18.5 Å². The molecule has 1 heterocycles. The third kappa shape index (κ3) is 1.51. The molecule has 2 heteroatoms. The zero-order valence-corrected chi connectivity index (χ0v) is 8.81. The first-order chi connectivity index (χ1) is 7.84. The van der Waals surface area contributed by atoms with Gasteiger partial charge in [0.05, 0.1) is 5.71 Å². The van der Waals surface area contributed by atoms with Crippen LogP contribution in [0.25, 0.3) is 0 Å². The molecule has 0 fully saturated rings. The first-order valence-corrected chi connectivity index (χ1v) is 5.50. The molecule has 0 saturated heterocycles. The van der Waals surface area contributed by atoms with Gasteiger partial charge in [-0.3, -0.25) is 4.99 Å². The molecule has 0 unspecified atom stereocenters. The lowest BCUT2D eigenvalue weighted by Gasteiger charge is -2.23. The third-order valence-electron chi connectivity index (χ3n) is 3.13. The van der Waals surface area contributed by atoms with E-state index < -0.39 is 6.17 Å². The van der Waals surface area contributed by atoms with Gasteiger partial charge in [0.2, 0.25) is 0 Å². The van der Waals surface area contributed by atoms with E-state index in [1.807, 2.05) is 24.3 Å². The van der Waals surface area contributed by atoms with Crippen LogP contribution in [-0.2, 0) is 0 Å². The highest BCUT2D eigenvalue weighted by Gasteiger charge is 2.29. The molecule has 16 heavy (non-hydrogen) atoms. The quantitative estimate of drug-likeness (QED) is 0.678. The molecule has 0 aromatic heterocycles. The lowest BCUT2D eigenvalue weighted by atomic mass is 9.84. The molecule has 0 amide bonds. The molecule has 2 aliphatic rings. The summed E-state index contributed by atoms with van der Waals surface area (Å²) in [5.41, 5.74) is 2.73. The average Bonchev–Trinajstić information content (AvgIpc) is 2.79. The SMILES string of the molecule is F[C@H]1C[C@@H](c2ccccc2)C=C2C=CN=C21. The molecule has 1 aliphatic carbocycles. The molecule has 1 aromatic rings. The number of alkyl halides is 1. The highest BCUT2D eigenvalue weighted by Crippen LogP contribution is 2.33. The number of halogens is 1. The summed E-state index contributed by atoms with van der Waals surface area (Å²) in [7, 11) is 0. The topological polar surface area (TPSA) is 12.4 Å². The summed E-state index contributed by atoms with van der Waals surface area (Å²) in [6.45, 7) is 0. The number of fused-ring (bicyclic) bond motifs is 1. The molecule has 3 rings (SSSR count). The second-order valence-electron chi connectivity index (χ2n) is 4.17. The van der Waals surface area contributed by atoms with Crippen molar-refractivity contribution < 1.29 is 4.39 Å². The Morgan fingerprint density at radius 3 is 2.81 bits per heavy atom. The van der Waals surface area contributed by atoms with Gasteiger partial charge < -0.3 is 0 Å². The van der Waals surface area contributed by atoms with E-state index in [0.29, 0.717) is 12.1 Å². The monoisotopic (exact) mass is 213 g/mol. The average molecular weight is 213 g/mol. The van der Waals surface area contributed by atoms with Crippen molar-refractivity contribution in [1.29, 1.82) is 0 Å². The predicted molar refractivity (Wildman–Crippen MR) is 63.4 cm³/mol. The molecule has 1 aromatic carbocycles. The molecule has 0 spiro atoms. The van der Waals surface area contributed by atoms with Crippen LogP contribution in [0.4, 0.5) is 4.39 Å². The van der Waals surface area contributed by atoms with Gasteiger partial charge in [-0.1, -0.05) is 36.4 Å².